The number of hydrogen-bond acceptors (Lipinski definition) is 4. The monoisotopic (exact) mass is 379 g/mol. The zero-order chi connectivity index (χ0) is 19.2. The van der Waals surface area contributed by atoms with Crippen LogP contribution in [0.25, 0.3) is 0 Å². The number of nitrogens with zero attached hydrogens (tertiary/aromatic N) is 2. The fourth-order valence-electron chi connectivity index (χ4n) is 4.05. The summed E-state index contributed by atoms with van der Waals surface area (Å²) in [6.45, 7) is 2.83. The molecule has 1 aliphatic heterocycles. The summed E-state index contributed by atoms with van der Waals surface area (Å²) in [4.78, 5) is 2.42. The minimum atomic E-state index is 0.0102. The molecule has 1 aromatic carbocycles. The van der Waals surface area contributed by atoms with Gasteiger partial charge in [0.25, 0.3) is 0 Å². The number of aliphatic hydroxyl groups excluding tert-OH is 1. The van der Waals surface area contributed by atoms with Crippen LogP contribution in [0, 0.1) is 0 Å². The first-order chi connectivity index (χ1) is 13.8. The molecule has 2 N–H and O–H groups in total. The Morgan fingerprint density at radius 1 is 1.18 bits per heavy atom. The summed E-state index contributed by atoms with van der Waals surface area (Å²) in [6, 6.07) is 10.6. The average Bonchev–Trinajstić information content (AvgIpc) is 3.21. The second kappa shape index (κ2) is 9.32. The third-order valence-electron chi connectivity index (χ3n) is 5.65. The van der Waals surface area contributed by atoms with Gasteiger partial charge in [0.1, 0.15) is 6.10 Å². The summed E-state index contributed by atoms with van der Waals surface area (Å²) in [7, 11) is 0. The molecule has 1 aromatic heterocycles. The summed E-state index contributed by atoms with van der Waals surface area (Å²) in [5.74, 6) is 0. The molecule has 2 heterocycles. The molecule has 5 heteroatoms. The first-order valence-electron chi connectivity index (χ1n) is 10.2. The Morgan fingerprint density at radius 3 is 2.71 bits per heavy atom. The number of ether oxygens (including phenoxy) is 1. The van der Waals surface area contributed by atoms with Crippen molar-refractivity contribution in [2.75, 3.05) is 13.1 Å². The Bertz CT molecular complexity index is 804. The van der Waals surface area contributed by atoms with E-state index in [1.165, 1.54) is 11.1 Å². The van der Waals surface area contributed by atoms with E-state index in [1.54, 1.807) is 0 Å². The molecule has 4 rings (SSSR count). The maximum atomic E-state index is 9.39. The van der Waals surface area contributed by atoms with Crippen molar-refractivity contribution < 1.29 is 9.84 Å². The van der Waals surface area contributed by atoms with Gasteiger partial charge in [0, 0.05) is 25.2 Å². The van der Waals surface area contributed by atoms with Gasteiger partial charge in [0.2, 0.25) is 0 Å². The minimum absolute atomic E-state index is 0.0102. The topological polar surface area (TPSA) is 61.4 Å². The van der Waals surface area contributed by atoms with Crippen LogP contribution in [0.5, 0.6) is 0 Å². The molecule has 148 valence electrons. The number of likely N-dealkylation sites (tertiary alicyclic amines) is 1. The van der Waals surface area contributed by atoms with Crippen LogP contribution in [0.3, 0.4) is 0 Å². The molecular formula is C23H29N3O2. The highest BCUT2D eigenvalue weighted by atomic mass is 16.5. The van der Waals surface area contributed by atoms with Crippen molar-refractivity contribution in [1.82, 2.24) is 15.1 Å². The molecule has 2 aliphatic rings. The summed E-state index contributed by atoms with van der Waals surface area (Å²) in [5.41, 5.74) is 4.42. The minimum Gasteiger partial charge on any atom is -0.390 e. The highest BCUT2D eigenvalue weighted by molar-refractivity contribution is 5.34. The maximum absolute atomic E-state index is 9.39. The SMILES string of the molecule is OCc1[nH]ncc1CN1CCC(OC(C2=CCCC=C2)c2ccccc2)CC1. The first-order valence-corrected chi connectivity index (χ1v) is 10.2. The van der Waals surface area contributed by atoms with Crippen LogP contribution in [-0.4, -0.2) is 39.4 Å². The second-order valence-electron chi connectivity index (χ2n) is 7.62. The Morgan fingerprint density at radius 2 is 2.00 bits per heavy atom. The number of aliphatic hydroxyl groups is 1. The van der Waals surface area contributed by atoms with E-state index in [4.69, 9.17) is 4.74 Å². The van der Waals surface area contributed by atoms with Gasteiger partial charge in [-0.2, -0.15) is 5.10 Å². The molecular weight excluding hydrogens is 350 g/mol. The lowest BCUT2D eigenvalue weighted by molar-refractivity contribution is -0.0286. The molecule has 28 heavy (non-hydrogen) atoms. The van der Waals surface area contributed by atoms with Gasteiger partial charge in [-0.05, 0) is 36.8 Å². The lowest BCUT2D eigenvalue weighted by Crippen LogP contribution is -2.37. The molecule has 1 atom stereocenters. The van der Waals surface area contributed by atoms with Gasteiger partial charge in [0.15, 0.2) is 0 Å². The van der Waals surface area contributed by atoms with Gasteiger partial charge in [0.05, 0.1) is 24.6 Å². The Balaban J connectivity index is 1.38. The number of hydrogen-bond donors (Lipinski definition) is 2. The van der Waals surface area contributed by atoms with Crippen LogP contribution >= 0.6 is 0 Å². The van der Waals surface area contributed by atoms with Gasteiger partial charge >= 0.3 is 0 Å². The van der Waals surface area contributed by atoms with E-state index in [2.05, 4.69) is 63.7 Å². The molecule has 1 aliphatic carbocycles. The smallest absolute Gasteiger partial charge is 0.108 e. The summed E-state index contributed by atoms with van der Waals surface area (Å²) >= 11 is 0. The van der Waals surface area contributed by atoms with E-state index in [1.807, 2.05) is 6.20 Å². The van der Waals surface area contributed by atoms with Crippen LogP contribution in [0.2, 0.25) is 0 Å². The van der Waals surface area contributed by atoms with Crippen LogP contribution in [-0.2, 0) is 17.9 Å². The van der Waals surface area contributed by atoms with E-state index in [-0.39, 0.29) is 18.8 Å². The second-order valence-corrected chi connectivity index (χ2v) is 7.62. The first kappa shape index (κ1) is 19.1. The number of aromatic nitrogens is 2. The number of rotatable bonds is 7. The lowest BCUT2D eigenvalue weighted by Gasteiger charge is -2.34. The normalized spacial score (nSPS) is 19.5. The lowest BCUT2D eigenvalue weighted by atomic mass is 9.96. The largest absolute Gasteiger partial charge is 0.390 e. The van der Waals surface area contributed by atoms with Gasteiger partial charge in [-0.25, -0.2) is 0 Å². The molecule has 1 saturated heterocycles. The van der Waals surface area contributed by atoms with Crippen molar-refractivity contribution in [3.05, 3.63) is 77.2 Å². The Labute approximate surface area is 166 Å². The zero-order valence-corrected chi connectivity index (χ0v) is 16.3. The quantitative estimate of drug-likeness (QED) is 0.766. The van der Waals surface area contributed by atoms with Gasteiger partial charge < -0.3 is 9.84 Å². The number of benzene rings is 1. The molecule has 1 fully saturated rings. The van der Waals surface area contributed by atoms with Crippen LogP contribution in [0.15, 0.2) is 60.3 Å². The molecule has 0 bridgehead atoms. The van der Waals surface area contributed by atoms with Crippen molar-refractivity contribution in [2.45, 2.75) is 51.0 Å². The number of H-pyrrole nitrogens is 1. The van der Waals surface area contributed by atoms with Crippen LogP contribution in [0.1, 0.15) is 48.6 Å². The standard InChI is InChI=1S/C23H29N3O2/c27-17-22-20(15-24-25-22)16-26-13-11-21(12-14-26)28-23(18-7-3-1-4-8-18)19-9-5-2-6-10-19/h1,3-5,7-10,15,21,23,27H,2,6,11-14,16-17H2,(H,24,25). The predicted molar refractivity (Wildman–Crippen MR) is 110 cm³/mol. The van der Waals surface area contributed by atoms with Crippen LogP contribution in [0.4, 0.5) is 0 Å². The third kappa shape index (κ3) is 4.61. The van der Waals surface area contributed by atoms with E-state index in [0.29, 0.717) is 0 Å². The van der Waals surface area contributed by atoms with E-state index < -0.39 is 0 Å². The molecule has 5 nitrogen and oxygen atoms in total. The van der Waals surface area contributed by atoms with Gasteiger partial charge in [-0.15, -0.1) is 0 Å². The van der Waals surface area contributed by atoms with Crippen molar-refractivity contribution in [3.8, 4) is 0 Å². The fourth-order valence-corrected chi connectivity index (χ4v) is 4.05. The van der Waals surface area contributed by atoms with E-state index >= 15 is 0 Å². The number of piperidine rings is 1. The number of allylic oxidation sites excluding steroid dienone is 2. The fraction of sp³-hybridized carbons (Fsp3) is 0.435. The van der Waals surface area contributed by atoms with Crippen molar-refractivity contribution in [2.24, 2.45) is 0 Å². The number of nitrogens with one attached hydrogen (secondary N) is 1. The highest BCUT2D eigenvalue weighted by Crippen LogP contribution is 2.32. The van der Waals surface area contributed by atoms with E-state index in [0.717, 1.165) is 56.6 Å². The Hall–Kier alpha value is -2.21. The maximum Gasteiger partial charge on any atom is 0.108 e. The molecule has 0 spiro atoms. The molecule has 0 amide bonds. The molecule has 2 aromatic rings. The van der Waals surface area contributed by atoms with Gasteiger partial charge in [-0.1, -0.05) is 48.6 Å². The number of aromatic amines is 1. The summed E-state index contributed by atoms with van der Waals surface area (Å²) in [6.07, 6.45) is 13.2. The molecule has 0 saturated carbocycles. The molecule has 0 radical (unpaired) electrons. The summed E-state index contributed by atoms with van der Waals surface area (Å²) < 4.78 is 6.64. The van der Waals surface area contributed by atoms with Crippen molar-refractivity contribution >= 4 is 0 Å². The predicted octanol–water partition coefficient (Wildman–Crippen LogP) is 3.90. The highest BCUT2D eigenvalue weighted by Gasteiger charge is 2.26. The Kier molecular flexibility index (Phi) is 6.37. The van der Waals surface area contributed by atoms with E-state index in [9.17, 15) is 5.11 Å². The summed E-state index contributed by atoms with van der Waals surface area (Å²) in [5, 5.41) is 16.3. The average molecular weight is 380 g/mol. The zero-order valence-electron chi connectivity index (χ0n) is 16.3. The van der Waals surface area contributed by atoms with Gasteiger partial charge in [-0.3, -0.25) is 10.00 Å². The third-order valence-corrected chi connectivity index (χ3v) is 5.65. The van der Waals surface area contributed by atoms with Crippen LogP contribution < -0.4 is 0 Å². The van der Waals surface area contributed by atoms with Crippen molar-refractivity contribution in [3.63, 3.8) is 0 Å². The molecule has 1 unspecified atom stereocenters. The van der Waals surface area contributed by atoms with Crippen molar-refractivity contribution in [1.29, 1.82) is 0 Å².